The van der Waals surface area contributed by atoms with Crippen LogP contribution in [0.25, 0.3) is 0 Å². The van der Waals surface area contributed by atoms with Gasteiger partial charge in [-0.1, -0.05) is 74.5 Å². The van der Waals surface area contributed by atoms with E-state index in [0.717, 1.165) is 6.16 Å². The van der Waals surface area contributed by atoms with Crippen LogP contribution in [0.15, 0.2) is 60.7 Å². The molecule has 6 atom stereocenters. The summed E-state index contributed by atoms with van der Waals surface area (Å²) in [6.45, 7) is 4.80. The number of hydrogen-bond acceptors (Lipinski definition) is 6. The molecule has 9 heteroatoms. The summed E-state index contributed by atoms with van der Waals surface area (Å²) in [7, 11) is 5.99. The molecule has 3 rings (SSSR count). The monoisotopic (exact) mass is 548 g/mol. The smallest absolute Gasteiger partial charge is 0.168 e. The first-order valence-corrected chi connectivity index (χ1v) is 14.5. The van der Waals surface area contributed by atoms with E-state index in [4.69, 9.17) is 35.9 Å². The number of benzene rings is 2. The lowest BCUT2D eigenvalue weighted by molar-refractivity contribution is -0.252. The molecule has 2 aromatic carbocycles. The van der Waals surface area contributed by atoms with E-state index >= 15 is 0 Å². The number of nitrogens with one attached hydrogen (secondary N) is 2. The normalized spacial score (nSPS) is 24.7. The van der Waals surface area contributed by atoms with Gasteiger partial charge >= 0.3 is 0 Å². The molecule has 2 N–H and O–H groups in total. The first-order chi connectivity index (χ1) is 17.9. The second-order valence-corrected chi connectivity index (χ2v) is 12.1. The molecule has 2 aromatic rings. The van der Waals surface area contributed by atoms with Crippen LogP contribution in [0.5, 0.6) is 0 Å². The van der Waals surface area contributed by atoms with Crippen LogP contribution in [0.3, 0.4) is 0 Å². The lowest BCUT2D eigenvalue weighted by Gasteiger charge is -2.45. The van der Waals surface area contributed by atoms with Crippen LogP contribution in [0.1, 0.15) is 13.8 Å². The van der Waals surface area contributed by atoms with Gasteiger partial charge in [-0.05, 0) is 42.8 Å². The Balaban J connectivity index is 1.76. The van der Waals surface area contributed by atoms with E-state index < -0.39 is 20.3 Å². The molecule has 0 bridgehead atoms. The molecule has 204 valence electrons. The van der Waals surface area contributed by atoms with E-state index in [9.17, 15) is 0 Å². The van der Waals surface area contributed by atoms with Gasteiger partial charge in [0, 0.05) is 34.5 Å². The zero-order valence-corrected chi connectivity index (χ0v) is 24.3. The summed E-state index contributed by atoms with van der Waals surface area (Å²) in [4.78, 5) is 0. The maximum atomic E-state index is 6.31. The van der Waals surface area contributed by atoms with Crippen LogP contribution in [-0.4, -0.2) is 83.0 Å². The molecule has 0 radical (unpaired) electrons. The molecular formula is C28H41N2O5PS. The molecule has 1 heterocycles. The van der Waals surface area contributed by atoms with Gasteiger partial charge in [-0.25, -0.2) is 0 Å². The van der Waals surface area contributed by atoms with Gasteiger partial charge in [0.05, 0.1) is 6.61 Å². The maximum Gasteiger partial charge on any atom is 0.168 e. The SMILES string of the molecule is COC[C@H]1O[C@@H](NC(=S)N[C@H](CP(c2ccccc2)c2ccccc2)C(C)C)[C@H](OC)[C@@H](OC)[C@@H]1OC. The first-order valence-electron chi connectivity index (χ1n) is 12.6. The first kappa shape index (κ1) is 29.9. The summed E-state index contributed by atoms with van der Waals surface area (Å²) in [5.74, 6) is 0.355. The quantitative estimate of drug-likeness (QED) is 0.310. The molecule has 0 aromatic heterocycles. The van der Waals surface area contributed by atoms with Crippen LogP contribution < -0.4 is 21.2 Å². The minimum atomic E-state index is -0.574. The number of methoxy groups -OCH3 is 4. The number of hydrogen-bond donors (Lipinski definition) is 2. The van der Waals surface area contributed by atoms with Gasteiger partial charge in [-0.15, -0.1) is 0 Å². The summed E-state index contributed by atoms with van der Waals surface area (Å²) < 4.78 is 28.9. The molecule has 0 spiro atoms. The van der Waals surface area contributed by atoms with Crippen molar-refractivity contribution in [3.8, 4) is 0 Å². The Morgan fingerprint density at radius 3 is 1.86 bits per heavy atom. The van der Waals surface area contributed by atoms with Gasteiger partial charge in [-0.3, -0.25) is 0 Å². The molecule has 0 aliphatic carbocycles. The van der Waals surface area contributed by atoms with Gasteiger partial charge in [0.2, 0.25) is 0 Å². The lowest BCUT2D eigenvalue weighted by atomic mass is 9.97. The molecule has 37 heavy (non-hydrogen) atoms. The van der Waals surface area contributed by atoms with E-state index in [-0.39, 0.29) is 24.4 Å². The highest BCUT2D eigenvalue weighted by atomic mass is 32.1. The number of ether oxygens (including phenoxy) is 5. The Hall–Kier alpha value is -1.64. The predicted molar refractivity (Wildman–Crippen MR) is 154 cm³/mol. The average molecular weight is 549 g/mol. The molecule has 1 saturated heterocycles. The van der Waals surface area contributed by atoms with Crippen molar-refractivity contribution in [3.05, 3.63) is 60.7 Å². The second-order valence-electron chi connectivity index (χ2n) is 9.40. The molecule has 0 saturated carbocycles. The lowest BCUT2D eigenvalue weighted by Crippen LogP contribution is -2.66. The highest BCUT2D eigenvalue weighted by Gasteiger charge is 2.47. The standard InChI is InChI=1S/C28H41N2O5PS/c1-19(2)22(18-36(20-13-9-7-10-14-20)21-15-11-8-12-16-21)29-28(37)30-27-26(34-6)25(33-5)24(32-4)23(35-27)17-31-3/h7-16,19,22-27H,17-18H2,1-6H3,(H2,29,30,37)/t22-,23-,24-,25+,26-,27-/m1/s1. The Morgan fingerprint density at radius 1 is 0.865 bits per heavy atom. The largest absolute Gasteiger partial charge is 0.382 e. The molecule has 0 unspecified atom stereocenters. The van der Waals surface area contributed by atoms with Crippen LogP contribution >= 0.6 is 20.1 Å². The predicted octanol–water partition coefficient (Wildman–Crippen LogP) is 3.02. The third-order valence-electron chi connectivity index (χ3n) is 6.69. The summed E-state index contributed by atoms with van der Waals surface area (Å²) in [5.41, 5.74) is 0. The Bertz CT molecular complexity index is 899. The third kappa shape index (κ3) is 7.93. The van der Waals surface area contributed by atoms with Gasteiger partial charge in [0.1, 0.15) is 24.4 Å². The average Bonchev–Trinajstić information content (AvgIpc) is 2.91. The minimum absolute atomic E-state index is 0.149. The zero-order valence-electron chi connectivity index (χ0n) is 22.6. The van der Waals surface area contributed by atoms with Crippen molar-refractivity contribution < 1.29 is 23.7 Å². The minimum Gasteiger partial charge on any atom is -0.382 e. The molecule has 7 nitrogen and oxygen atoms in total. The van der Waals surface area contributed by atoms with E-state index in [1.165, 1.54) is 10.6 Å². The van der Waals surface area contributed by atoms with Crippen LogP contribution in [-0.2, 0) is 23.7 Å². The van der Waals surface area contributed by atoms with Crippen molar-refractivity contribution >= 4 is 35.9 Å². The van der Waals surface area contributed by atoms with Crippen molar-refractivity contribution in [2.45, 2.75) is 50.5 Å². The maximum absolute atomic E-state index is 6.31. The third-order valence-corrected chi connectivity index (χ3v) is 9.53. The van der Waals surface area contributed by atoms with Crippen LogP contribution in [0, 0.1) is 5.92 Å². The van der Waals surface area contributed by atoms with Crippen molar-refractivity contribution in [1.82, 2.24) is 10.6 Å². The second kappa shape index (κ2) is 15.1. The highest BCUT2D eigenvalue weighted by molar-refractivity contribution is 7.80. The molecule has 1 aliphatic heterocycles. The van der Waals surface area contributed by atoms with E-state index in [2.05, 4.69) is 85.1 Å². The van der Waals surface area contributed by atoms with Crippen molar-refractivity contribution in [2.24, 2.45) is 5.92 Å². The van der Waals surface area contributed by atoms with Crippen molar-refractivity contribution in [1.29, 1.82) is 0 Å². The number of rotatable bonds is 12. The molecular weight excluding hydrogens is 507 g/mol. The van der Waals surface area contributed by atoms with Gasteiger partial charge in [-0.2, -0.15) is 0 Å². The van der Waals surface area contributed by atoms with Crippen molar-refractivity contribution in [2.75, 3.05) is 41.2 Å². The summed E-state index contributed by atoms with van der Waals surface area (Å²) in [5, 5.41) is 10.1. The summed E-state index contributed by atoms with van der Waals surface area (Å²) in [6.07, 6.45) is -1.03. The fraction of sp³-hybridized carbons (Fsp3) is 0.536. The van der Waals surface area contributed by atoms with E-state index in [1.807, 2.05) is 0 Å². The Labute approximate surface area is 228 Å². The fourth-order valence-electron chi connectivity index (χ4n) is 4.68. The Morgan fingerprint density at radius 2 is 1.41 bits per heavy atom. The topological polar surface area (TPSA) is 70.2 Å². The van der Waals surface area contributed by atoms with Crippen LogP contribution in [0.2, 0.25) is 0 Å². The van der Waals surface area contributed by atoms with Crippen molar-refractivity contribution in [3.63, 3.8) is 0 Å². The zero-order chi connectivity index (χ0) is 26.8. The van der Waals surface area contributed by atoms with Crippen LogP contribution in [0.4, 0.5) is 0 Å². The molecule has 0 amide bonds. The highest BCUT2D eigenvalue weighted by Crippen LogP contribution is 2.35. The van der Waals surface area contributed by atoms with Gasteiger partial charge in [0.25, 0.3) is 0 Å². The summed E-state index contributed by atoms with van der Waals surface area (Å²) in [6, 6.07) is 21.6. The molecule has 1 fully saturated rings. The summed E-state index contributed by atoms with van der Waals surface area (Å²) >= 11 is 5.80. The van der Waals surface area contributed by atoms with Gasteiger partial charge < -0.3 is 34.3 Å². The van der Waals surface area contributed by atoms with Gasteiger partial charge in [0.15, 0.2) is 11.3 Å². The van der Waals surface area contributed by atoms with E-state index in [0.29, 0.717) is 17.6 Å². The molecule has 1 aliphatic rings. The fourth-order valence-corrected chi connectivity index (χ4v) is 7.63. The number of thiocarbonyl (C=S) groups is 1. The van der Waals surface area contributed by atoms with E-state index in [1.54, 1.807) is 28.4 Å². The Kier molecular flexibility index (Phi) is 12.2.